The second-order valence-corrected chi connectivity index (χ2v) is 4.25. The summed E-state index contributed by atoms with van der Waals surface area (Å²) in [6.07, 6.45) is 3.81. The number of hydrogen-bond donors (Lipinski definition) is 2. The maximum atomic E-state index is 5.83. The molecule has 4 N–H and O–H groups in total. The van der Waals surface area contributed by atoms with Gasteiger partial charge in [0.1, 0.15) is 11.6 Å². The maximum Gasteiger partial charge on any atom is 0.221 e. The van der Waals surface area contributed by atoms with Crippen molar-refractivity contribution >= 4 is 11.8 Å². The van der Waals surface area contributed by atoms with Crippen LogP contribution in [0.5, 0.6) is 5.75 Å². The van der Waals surface area contributed by atoms with Crippen LogP contribution >= 0.6 is 0 Å². The van der Waals surface area contributed by atoms with Crippen LogP contribution in [-0.4, -0.2) is 16.6 Å². The van der Waals surface area contributed by atoms with Gasteiger partial charge in [-0.05, 0) is 24.1 Å². The molecule has 100 valence electrons. The number of rotatable bonds is 5. The molecular weight excluding hydrogens is 240 g/mol. The fourth-order valence-corrected chi connectivity index (χ4v) is 1.70. The summed E-state index contributed by atoms with van der Waals surface area (Å²) in [5, 5.41) is 0. The number of unbranched alkanes of at least 4 members (excludes halogenated alkanes) is 1. The van der Waals surface area contributed by atoms with E-state index in [0.717, 1.165) is 36.3 Å². The first-order valence-corrected chi connectivity index (χ1v) is 6.32. The fourth-order valence-electron chi connectivity index (χ4n) is 1.70. The molecule has 0 aliphatic carbocycles. The van der Waals surface area contributed by atoms with Gasteiger partial charge in [0.15, 0.2) is 0 Å². The standard InChI is InChI=1S/C14H18N4O/c1-2-3-8-19-11-6-4-10(5-7-11)12-9-17-14(16)18-13(12)15/h4-7,9H,2-3,8H2,1H3,(H4,15,16,17,18). The van der Waals surface area contributed by atoms with E-state index < -0.39 is 0 Å². The van der Waals surface area contributed by atoms with Gasteiger partial charge < -0.3 is 16.2 Å². The molecule has 2 rings (SSSR count). The monoisotopic (exact) mass is 258 g/mol. The van der Waals surface area contributed by atoms with Gasteiger partial charge in [-0.3, -0.25) is 0 Å². The van der Waals surface area contributed by atoms with E-state index in [4.69, 9.17) is 16.2 Å². The number of nitrogens with zero attached hydrogens (tertiary/aromatic N) is 2. The molecule has 1 aromatic carbocycles. The van der Waals surface area contributed by atoms with E-state index in [1.165, 1.54) is 0 Å². The third-order valence-corrected chi connectivity index (χ3v) is 2.77. The Labute approximate surface area is 112 Å². The Kier molecular flexibility index (Phi) is 4.18. The molecule has 1 aromatic heterocycles. The van der Waals surface area contributed by atoms with Crippen molar-refractivity contribution in [3.05, 3.63) is 30.5 Å². The number of nitrogen functional groups attached to an aromatic ring is 2. The first-order valence-electron chi connectivity index (χ1n) is 6.32. The van der Waals surface area contributed by atoms with E-state index in [1.807, 2.05) is 24.3 Å². The summed E-state index contributed by atoms with van der Waals surface area (Å²) in [4.78, 5) is 7.90. The van der Waals surface area contributed by atoms with Gasteiger partial charge >= 0.3 is 0 Å². The topological polar surface area (TPSA) is 87.0 Å². The predicted molar refractivity (Wildman–Crippen MR) is 76.7 cm³/mol. The zero-order chi connectivity index (χ0) is 13.7. The molecule has 1 heterocycles. The van der Waals surface area contributed by atoms with Gasteiger partial charge in [0.2, 0.25) is 5.95 Å². The number of ether oxygens (including phenoxy) is 1. The summed E-state index contributed by atoms with van der Waals surface area (Å²) in [7, 11) is 0. The lowest BCUT2D eigenvalue weighted by Gasteiger charge is -2.08. The quantitative estimate of drug-likeness (QED) is 0.804. The summed E-state index contributed by atoms with van der Waals surface area (Å²) in [5.41, 5.74) is 13.0. The van der Waals surface area contributed by atoms with E-state index in [9.17, 15) is 0 Å². The predicted octanol–water partition coefficient (Wildman–Crippen LogP) is 2.49. The third kappa shape index (κ3) is 3.34. The second kappa shape index (κ2) is 6.04. The van der Waals surface area contributed by atoms with Crippen LogP contribution in [0.15, 0.2) is 30.5 Å². The van der Waals surface area contributed by atoms with Crippen molar-refractivity contribution in [1.29, 1.82) is 0 Å². The Balaban J connectivity index is 2.13. The first kappa shape index (κ1) is 13.1. The van der Waals surface area contributed by atoms with Crippen LogP contribution in [0, 0.1) is 0 Å². The van der Waals surface area contributed by atoms with E-state index in [-0.39, 0.29) is 5.95 Å². The number of anilines is 2. The molecule has 0 atom stereocenters. The largest absolute Gasteiger partial charge is 0.494 e. The summed E-state index contributed by atoms with van der Waals surface area (Å²) in [6, 6.07) is 7.71. The smallest absolute Gasteiger partial charge is 0.221 e. The zero-order valence-corrected chi connectivity index (χ0v) is 11.0. The fraction of sp³-hybridized carbons (Fsp3) is 0.286. The maximum absolute atomic E-state index is 5.83. The Morgan fingerprint density at radius 3 is 2.53 bits per heavy atom. The van der Waals surface area contributed by atoms with Crippen molar-refractivity contribution < 1.29 is 4.74 Å². The van der Waals surface area contributed by atoms with Gasteiger partial charge in [-0.25, -0.2) is 4.98 Å². The van der Waals surface area contributed by atoms with Gasteiger partial charge in [0.05, 0.1) is 6.61 Å². The lowest BCUT2D eigenvalue weighted by Crippen LogP contribution is -2.01. The van der Waals surface area contributed by atoms with E-state index >= 15 is 0 Å². The van der Waals surface area contributed by atoms with Crippen LogP contribution in [0.3, 0.4) is 0 Å². The SMILES string of the molecule is CCCCOc1ccc(-c2cnc(N)nc2N)cc1. The van der Waals surface area contributed by atoms with Gasteiger partial charge in [-0.2, -0.15) is 4.98 Å². The number of aromatic nitrogens is 2. The molecule has 0 aliphatic heterocycles. The molecule has 0 radical (unpaired) electrons. The Morgan fingerprint density at radius 2 is 1.89 bits per heavy atom. The Hall–Kier alpha value is -2.30. The van der Waals surface area contributed by atoms with Gasteiger partial charge in [-0.15, -0.1) is 0 Å². The highest BCUT2D eigenvalue weighted by molar-refractivity contribution is 5.73. The molecular formula is C14H18N4O. The average Bonchev–Trinajstić information content (AvgIpc) is 2.40. The van der Waals surface area contributed by atoms with Crippen LogP contribution < -0.4 is 16.2 Å². The highest BCUT2D eigenvalue weighted by atomic mass is 16.5. The van der Waals surface area contributed by atoms with Crippen molar-refractivity contribution in [3.8, 4) is 16.9 Å². The van der Waals surface area contributed by atoms with Crippen molar-refractivity contribution in [2.75, 3.05) is 18.1 Å². The second-order valence-electron chi connectivity index (χ2n) is 4.25. The summed E-state index contributed by atoms with van der Waals surface area (Å²) >= 11 is 0. The van der Waals surface area contributed by atoms with E-state index in [2.05, 4.69) is 16.9 Å². The molecule has 0 unspecified atom stereocenters. The van der Waals surface area contributed by atoms with Crippen LogP contribution in [0.2, 0.25) is 0 Å². The van der Waals surface area contributed by atoms with E-state index in [0.29, 0.717) is 5.82 Å². The van der Waals surface area contributed by atoms with Gasteiger partial charge in [0.25, 0.3) is 0 Å². The molecule has 19 heavy (non-hydrogen) atoms. The Bertz CT molecular complexity index is 540. The minimum Gasteiger partial charge on any atom is -0.494 e. The molecule has 0 aliphatic rings. The lowest BCUT2D eigenvalue weighted by atomic mass is 10.1. The highest BCUT2D eigenvalue weighted by Crippen LogP contribution is 2.26. The minimum atomic E-state index is 0.181. The lowest BCUT2D eigenvalue weighted by molar-refractivity contribution is 0.309. The van der Waals surface area contributed by atoms with E-state index in [1.54, 1.807) is 6.20 Å². The van der Waals surface area contributed by atoms with Crippen molar-refractivity contribution in [2.24, 2.45) is 0 Å². The minimum absolute atomic E-state index is 0.181. The number of hydrogen-bond acceptors (Lipinski definition) is 5. The van der Waals surface area contributed by atoms with Crippen LogP contribution in [0.25, 0.3) is 11.1 Å². The molecule has 5 heteroatoms. The molecule has 0 amide bonds. The van der Waals surface area contributed by atoms with Gasteiger partial charge in [0, 0.05) is 11.8 Å². The molecule has 0 saturated carbocycles. The molecule has 0 bridgehead atoms. The number of nitrogens with two attached hydrogens (primary N) is 2. The molecule has 0 spiro atoms. The summed E-state index contributed by atoms with van der Waals surface area (Å²) in [5.74, 6) is 1.42. The summed E-state index contributed by atoms with van der Waals surface area (Å²) in [6.45, 7) is 2.87. The zero-order valence-electron chi connectivity index (χ0n) is 11.0. The van der Waals surface area contributed by atoms with Gasteiger partial charge in [-0.1, -0.05) is 25.5 Å². The Morgan fingerprint density at radius 1 is 1.16 bits per heavy atom. The summed E-state index contributed by atoms with van der Waals surface area (Å²) < 4.78 is 5.60. The molecule has 2 aromatic rings. The number of benzene rings is 1. The molecule has 0 saturated heterocycles. The first-order chi connectivity index (χ1) is 9.20. The average molecular weight is 258 g/mol. The third-order valence-electron chi connectivity index (χ3n) is 2.77. The van der Waals surface area contributed by atoms with Crippen molar-refractivity contribution in [1.82, 2.24) is 9.97 Å². The van der Waals surface area contributed by atoms with Crippen LogP contribution in [0.1, 0.15) is 19.8 Å². The van der Waals surface area contributed by atoms with Crippen molar-refractivity contribution in [2.45, 2.75) is 19.8 Å². The normalized spacial score (nSPS) is 10.4. The van der Waals surface area contributed by atoms with Crippen molar-refractivity contribution in [3.63, 3.8) is 0 Å². The van der Waals surface area contributed by atoms with Crippen LogP contribution in [0.4, 0.5) is 11.8 Å². The molecule has 0 fully saturated rings. The highest BCUT2D eigenvalue weighted by Gasteiger charge is 2.05. The van der Waals surface area contributed by atoms with Crippen LogP contribution in [-0.2, 0) is 0 Å². The molecule has 5 nitrogen and oxygen atoms in total.